The summed E-state index contributed by atoms with van der Waals surface area (Å²) in [5.41, 5.74) is 0.692. The first-order valence-electron chi connectivity index (χ1n) is 6.99. The van der Waals surface area contributed by atoms with Crippen molar-refractivity contribution in [3.63, 3.8) is 0 Å². The molecular formula is C16H17ClFNS. The molecule has 1 saturated carbocycles. The molecule has 1 fully saturated rings. The van der Waals surface area contributed by atoms with Crippen molar-refractivity contribution in [3.8, 4) is 0 Å². The van der Waals surface area contributed by atoms with Gasteiger partial charge < -0.3 is 5.32 Å². The lowest BCUT2D eigenvalue weighted by molar-refractivity contribution is 0.475. The molecule has 1 aromatic heterocycles. The summed E-state index contributed by atoms with van der Waals surface area (Å²) in [5.74, 6) is 0.348. The summed E-state index contributed by atoms with van der Waals surface area (Å²) in [7, 11) is 0. The van der Waals surface area contributed by atoms with Crippen molar-refractivity contribution in [1.82, 2.24) is 0 Å². The second-order valence-electron chi connectivity index (χ2n) is 5.31. The fraction of sp³-hybridized carbons (Fsp3) is 0.375. The molecule has 1 heterocycles. The zero-order valence-corrected chi connectivity index (χ0v) is 12.7. The predicted octanol–water partition coefficient (Wildman–Crippen LogP) is 5.88. The van der Waals surface area contributed by atoms with Gasteiger partial charge in [0.2, 0.25) is 0 Å². The fourth-order valence-electron chi connectivity index (χ4n) is 2.96. The Balaban J connectivity index is 1.88. The molecule has 1 aliphatic carbocycles. The van der Waals surface area contributed by atoms with Gasteiger partial charge in [-0.05, 0) is 48.4 Å². The highest BCUT2D eigenvalue weighted by Gasteiger charge is 2.27. The molecule has 0 aliphatic heterocycles. The number of halogens is 2. The number of rotatable bonds is 4. The molecule has 4 heteroatoms. The van der Waals surface area contributed by atoms with Gasteiger partial charge in [-0.25, -0.2) is 4.39 Å². The van der Waals surface area contributed by atoms with Crippen molar-refractivity contribution in [2.24, 2.45) is 5.92 Å². The second-order valence-corrected chi connectivity index (χ2v) is 6.69. The SMILES string of the molecule is Fc1ccc(Cl)c(NC(c2cccs2)C2CCCC2)c1. The van der Waals surface area contributed by atoms with E-state index in [1.165, 1.54) is 42.7 Å². The topological polar surface area (TPSA) is 12.0 Å². The van der Waals surface area contributed by atoms with Gasteiger partial charge in [-0.2, -0.15) is 0 Å². The minimum atomic E-state index is -0.256. The molecule has 1 atom stereocenters. The number of thiophene rings is 1. The van der Waals surface area contributed by atoms with E-state index in [2.05, 4.69) is 22.8 Å². The first-order chi connectivity index (χ1) is 9.74. The average molecular weight is 310 g/mol. The molecule has 2 aromatic rings. The van der Waals surface area contributed by atoms with Crippen molar-refractivity contribution < 1.29 is 4.39 Å². The monoisotopic (exact) mass is 309 g/mol. The highest BCUT2D eigenvalue weighted by molar-refractivity contribution is 7.10. The molecular weight excluding hydrogens is 293 g/mol. The fourth-order valence-corrected chi connectivity index (χ4v) is 4.00. The summed E-state index contributed by atoms with van der Waals surface area (Å²) >= 11 is 7.93. The Morgan fingerprint density at radius 2 is 2.05 bits per heavy atom. The largest absolute Gasteiger partial charge is 0.376 e. The van der Waals surface area contributed by atoms with Crippen molar-refractivity contribution >= 4 is 28.6 Å². The molecule has 1 nitrogen and oxygen atoms in total. The van der Waals surface area contributed by atoms with Crippen LogP contribution in [-0.2, 0) is 0 Å². The number of hydrogen-bond donors (Lipinski definition) is 1. The Kier molecular flexibility index (Phi) is 4.27. The summed E-state index contributed by atoms with van der Waals surface area (Å²) < 4.78 is 13.4. The lowest BCUT2D eigenvalue weighted by Crippen LogP contribution is -2.18. The van der Waals surface area contributed by atoms with E-state index >= 15 is 0 Å². The lowest BCUT2D eigenvalue weighted by Gasteiger charge is -2.25. The zero-order chi connectivity index (χ0) is 13.9. The number of hydrogen-bond acceptors (Lipinski definition) is 2. The first-order valence-corrected chi connectivity index (χ1v) is 8.25. The first kappa shape index (κ1) is 13.9. The molecule has 1 aliphatic rings. The van der Waals surface area contributed by atoms with E-state index in [4.69, 9.17) is 11.6 Å². The minimum Gasteiger partial charge on any atom is -0.376 e. The predicted molar refractivity (Wildman–Crippen MR) is 84.1 cm³/mol. The molecule has 1 unspecified atom stereocenters. The molecule has 0 bridgehead atoms. The van der Waals surface area contributed by atoms with Gasteiger partial charge in [-0.15, -0.1) is 11.3 Å². The lowest BCUT2D eigenvalue weighted by atomic mass is 9.96. The molecule has 3 rings (SSSR count). The van der Waals surface area contributed by atoms with Crippen molar-refractivity contribution in [1.29, 1.82) is 0 Å². The van der Waals surface area contributed by atoms with Crippen LogP contribution < -0.4 is 5.32 Å². The van der Waals surface area contributed by atoms with Crippen LogP contribution in [0.25, 0.3) is 0 Å². The van der Waals surface area contributed by atoms with E-state index in [9.17, 15) is 4.39 Å². The highest BCUT2D eigenvalue weighted by atomic mass is 35.5. The molecule has 0 spiro atoms. The van der Waals surface area contributed by atoms with E-state index in [1.807, 2.05) is 0 Å². The van der Waals surface area contributed by atoms with Crippen LogP contribution in [-0.4, -0.2) is 0 Å². The van der Waals surface area contributed by atoms with Gasteiger partial charge >= 0.3 is 0 Å². The van der Waals surface area contributed by atoms with E-state index in [0.717, 1.165) is 0 Å². The normalized spacial score (nSPS) is 17.3. The van der Waals surface area contributed by atoms with Crippen LogP contribution in [0.3, 0.4) is 0 Å². The van der Waals surface area contributed by atoms with Crippen molar-refractivity contribution in [2.45, 2.75) is 31.7 Å². The minimum absolute atomic E-state index is 0.233. The molecule has 20 heavy (non-hydrogen) atoms. The third-order valence-corrected chi connectivity index (χ3v) is 5.25. The molecule has 106 valence electrons. The Hall–Kier alpha value is -1.06. The third-order valence-electron chi connectivity index (χ3n) is 3.96. The highest BCUT2D eigenvalue weighted by Crippen LogP contribution is 2.40. The van der Waals surface area contributed by atoms with Crippen LogP contribution in [0.2, 0.25) is 5.02 Å². The van der Waals surface area contributed by atoms with Gasteiger partial charge in [0.1, 0.15) is 5.82 Å². The third kappa shape index (κ3) is 2.99. The second kappa shape index (κ2) is 6.15. The van der Waals surface area contributed by atoms with Gasteiger partial charge in [0, 0.05) is 4.88 Å². The summed E-state index contributed by atoms with van der Waals surface area (Å²) in [5, 5.41) is 6.14. The Labute approximate surface area is 127 Å². The summed E-state index contributed by atoms with van der Waals surface area (Å²) in [6.45, 7) is 0. The zero-order valence-electron chi connectivity index (χ0n) is 11.1. The quantitative estimate of drug-likeness (QED) is 0.743. The van der Waals surface area contributed by atoms with Crippen molar-refractivity contribution in [3.05, 3.63) is 51.4 Å². The smallest absolute Gasteiger partial charge is 0.125 e. The van der Waals surface area contributed by atoms with Crippen LogP contribution in [0.4, 0.5) is 10.1 Å². The summed E-state index contributed by atoms with van der Waals surface area (Å²) in [6, 6.07) is 8.93. The molecule has 0 radical (unpaired) electrons. The van der Waals surface area contributed by atoms with Gasteiger partial charge in [-0.1, -0.05) is 30.5 Å². The van der Waals surface area contributed by atoms with Gasteiger partial charge in [0.15, 0.2) is 0 Å². The van der Waals surface area contributed by atoms with E-state index in [1.54, 1.807) is 17.4 Å². The molecule has 0 saturated heterocycles. The summed E-state index contributed by atoms with van der Waals surface area (Å²) in [6.07, 6.45) is 5.02. The number of anilines is 1. The molecule has 1 N–H and O–H groups in total. The van der Waals surface area contributed by atoms with Crippen LogP contribution in [0.15, 0.2) is 35.7 Å². The Morgan fingerprint density at radius 3 is 2.75 bits per heavy atom. The average Bonchev–Trinajstić information content (AvgIpc) is 3.12. The number of nitrogens with one attached hydrogen (secondary N) is 1. The van der Waals surface area contributed by atoms with Crippen LogP contribution >= 0.6 is 22.9 Å². The maximum Gasteiger partial charge on any atom is 0.125 e. The molecule has 1 aromatic carbocycles. The Bertz CT molecular complexity index is 564. The van der Waals surface area contributed by atoms with Gasteiger partial charge in [-0.3, -0.25) is 0 Å². The van der Waals surface area contributed by atoms with E-state index in [-0.39, 0.29) is 11.9 Å². The van der Waals surface area contributed by atoms with E-state index in [0.29, 0.717) is 16.6 Å². The van der Waals surface area contributed by atoms with Crippen LogP contribution in [0.5, 0.6) is 0 Å². The standard InChI is InChI=1S/C16H17ClFNS/c17-13-8-7-12(18)10-14(13)19-16(11-4-1-2-5-11)15-6-3-9-20-15/h3,6-11,16,19H,1-2,4-5H2. The van der Waals surface area contributed by atoms with Gasteiger partial charge in [0.25, 0.3) is 0 Å². The van der Waals surface area contributed by atoms with Gasteiger partial charge in [0.05, 0.1) is 16.8 Å². The molecule has 0 amide bonds. The maximum absolute atomic E-state index is 13.4. The van der Waals surface area contributed by atoms with Crippen molar-refractivity contribution in [2.75, 3.05) is 5.32 Å². The van der Waals surface area contributed by atoms with Crippen LogP contribution in [0.1, 0.15) is 36.6 Å². The summed E-state index contributed by atoms with van der Waals surface area (Å²) in [4.78, 5) is 1.30. The van der Waals surface area contributed by atoms with E-state index < -0.39 is 0 Å². The maximum atomic E-state index is 13.4. The van der Waals surface area contributed by atoms with Crippen LogP contribution in [0, 0.1) is 11.7 Å². The Morgan fingerprint density at radius 1 is 1.25 bits per heavy atom. The number of benzene rings is 1.